The van der Waals surface area contributed by atoms with Crippen molar-refractivity contribution in [2.24, 2.45) is 0 Å². The van der Waals surface area contributed by atoms with E-state index >= 15 is 0 Å². The van der Waals surface area contributed by atoms with Gasteiger partial charge in [0.25, 0.3) is 0 Å². The SMILES string of the molecule is O=C1CCC#CCCCCCCCCCC1. The second-order valence-electron chi connectivity index (χ2n) is 4.72. The van der Waals surface area contributed by atoms with E-state index in [1.54, 1.807) is 0 Å². The highest BCUT2D eigenvalue weighted by Gasteiger charge is 2.00. The zero-order valence-electron chi connectivity index (χ0n) is 10.4. The minimum absolute atomic E-state index is 0.407. The van der Waals surface area contributed by atoms with Crippen molar-refractivity contribution in [3.63, 3.8) is 0 Å². The maximum atomic E-state index is 11.5. The third-order valence-electron chi connectivity index (χ3n) is 3.16. The summed E-state index contributed by atoms with van der Waals surface area (Å²) in [6.07, 6.45) is 13.5. The average Bonchev–Trinajstić information content (AvgIpc) is 2.29. The fourth-order valence-corrected chi connectivity index (χ4v) is 2.10. The molecule has 0 amide bonds. The largest absolute Gasteiger partial charge is 0.300 e. The molecule has 0 bridgehead atoms. The summed E-state index contributed by atoms with van der Waals surface area (Å²) in [4.78, 5) is 11.5. The molecule has 0 spiro atoms. The molecule has 1 aliphatic rings. The highest BCUT2D eigenvalue weighted by atomic mass is 16.1. The van der Waals surface area contributed by atoms with E-state index in [-0.39, 0.29) is 0 Å². The van der Waals surface area contributed by atoms with Crippen LogP contribution < -0.4 is 0 Å². The Morgan fingerprint density at radius 2 is 1.19 bits per heavy atom. The number of Topliss-reactive ketones (excluding diaryl/α,β-unsaturated/α-hetero) is 1. The third-order valence-corrected chi connectivity index (χ3v) is 3.16. The first kappa shape index (κ1) is 13.3. The summed E-state index contributed by atoms with van der Waals surface area (Å²) in [5.41, 5.74) is 0. The molecule has 0 atom stereocenters. The fraction of sp³-hybridized carbons (Fsp3) is 0.800. The van der Waals surface area contributed by atoms with Crippen molar-refractivity contribution in [1.82, 2.24) is 0 Å². The molecule has 0 radical (unpaired) electrons. The lowest BCUT2D eigenvalue weighted by Crippen LogP contribution is -1.96. The van der Waals surface area contributed by atoms with Crippen molar-refractivity contribution in [1.29, 1.82) is 0 Å². The van der Waals surface area contributed by atoms with Gasteiger partial charge in [0.1, 0.15) is 5.78 Å². The molecule has 0 saturated heterocycles. The van der Waals surface area contributed by atoms with Crippen LogP contribution in [0.15, 0.2) is 0 Å². The highest BCUT2D eigenvalue weighted by molar-refractivity contribution is 5.78. The van der Waals surface area contributed by atoms with Gasteiger partial charge in [-0.05, 0) is 12.8 Å². The summed E-state index contributed by atoms with van der Waals surface area (Å²) < 4.78 is 0. The van der Waals surface area contributed by atoms with E-state index in [9.17, 15) is 4.79 Å². The highest BCUT2D eigenvalue weighted by Crippen LogP contribution is 2.11. The Balaban J connectivity index is 2.23. The molecular weight excluding hydrogens is 196 g/mol. The van der Waals surface area contributed by atoms with Gasteiger partial charge in [0.05, 0.1) is 0 Å². The van der Waals surface area contributed by atoms with E-state index in [0.717, 1.165) is 25.7 Å². The zero-order valence-corrected chi connectivity index (χ0v) is 10.4. The van der Waals surface area contributed by atoms with Crippen LogP contribution in [0.5, 0.6) is 0 Å². The van der Waals surface area contributed by atoms with E-state index < -0.39 is 0 Å². The zero-order chi connectivity index (χ0) is 11.5. The molecule has 0 aliphatic heterocycles. The molecule has 90 valence electrons. The number of ketones is 1. The van der Waals surface area contributed by atoms with Crippen LogP contribution >= 0.6 is 0 Å². The summed E-state index contributed by atoms with van der Waals surface area (Å²) >= 11 is 0. The lowest BCUT2D eigenvalue weighted by molar-refractivity contribution is -0.119. The van der Waals surface area contributed by atoms with Crippen LogP contribution in [0.3, 0.4) is 0 Å². The van der Waals surface area contributed by atoms with Gasteiger partial charge in [-0.1, -0.05) is 38.5 Å². The van der Waals surface area contributed by atoms with Crippen LogP contribution in [0.25, 0.3) is 0 Å². The van der Waals surface area contributed by atoms with Crippen molar-refractivity contribution in [2.75, 3.05) is 0 Å². The van der Waals surface area contributed by atoms with Gasteiger partial charge in [0, 0.05) is 25.7 Å². The van der Waals surface area contributed by atoms with E-state index in [1.165, 1.54) is 44.9 Å². The van der Waals surface area contributed by atoms with Crippen molar-refractivity contribution in [3.8, 4) is 11.8 Å². The molecule has 0 aromatic heterocycles. The first-order valence-electron chi connectivity index (χ1n) is 6.87. The van der Waals surface area contributed by atoms with Crippen LogP contribution in [0.4, 0.5) is 0 Å². The molecule has 1 aliphatic carbocycles. The Morgan fingerprint density at radius 3 is 1.94 bits per heavy atom. The third kappa shape index (κ3) is 7.51. The average molecular weight is 220 g/mol. The van der Waals surface area contributed by atoms with Gasteiger partial charge < -0.3 is 0 Å². The normalized spacial score (nSPS) is 21.4. The maximum absolute atomic E-state index is 11.5. The number of carbonyl (C=O) groups is 1. The van der Waals surface area contributed by atoms with Gasteiger partial charge in [0.2, 0.25) is 0 Å². The molecule has 16 heavy (non-hydrogen) atoms. The van der Waals surface area contributed by atoms with Gasteiger partial charge in [-0.2, -0.15) is 0 Å². The van der Waals surface area contributed by atoms with Gasteiger partial charge in [-0.15, -0.1) is 11.8 Å². The van der Waals surface area contributed by atoms with E-state index in [4.69, 9.17) is 0 Å². The molecule has 0 aromatic rings. The number of rotatable bonds is 0. The van der Waals surface area contributed by atoms with E-state index in [1.807, 2.05) is 0 Å². The lowest BCUT2D eigenvalue weighted by atomic mass is 10.0. The molecule has 0 unspecified atom stereocenters. The van der Waals surface area contributed by atoms with Crippen LogP contribution in [-0.4, -0.2) is 5.78 Å². The number of carbonyl (C=O) groups excluding carboxylic acids is 1. The van der Waals surface area contributed by atoms with Gasteiger partial charge >= 0.3 is 0 Å². The fourth-order valence-electron chi connectivity index (χ4n) is 2.10. The van der Waals surface area contributed by atoms with Crippen molar-refractivity contribution in [2.45, 2.75) is 77.0 Å². The topological polar surface area (TPSA) is 17.1 Å². The van der Waals surface area contributed by atoms with Crippen molar-refractivity contribution in [3.05, 3.63) is 0 Å². The van der Waals surface area contributed by atoms with Gasteiger partial charge in [-0.3, -0.25) is 4.79 Å². The number of hydrogen-bond acceptors (Lipinski definition) is 1. The quantitative estimate of drug-likeness (QED) is 0.558. The Morgan fingerprint density at radius 1 is 0.625 bits per heavy atom. The molecule has 0 saturated carbocycles. The summed E-state index contributed by atoms with van der Waals surface area (Å²) in [5, 5.41) is 0. The molecular formula is C15H24O. The predicted molar refractivity (Wildman–Crippen MR) is 68.2 cm³/mol. The summed E-state index contributed by atoms with van der Waals surface area (Å²) in [6.45, 7) is 0. The van der Waals surface area contributed by atoms with Crippen LogP contribution in [0, 0.1) is 11.8 Å². The second kappa shape index (κ2) is 9.46. The van der Waals surface area contributed by atoms with Crippen molar-refractivity contribution >= 4 is 5.78 Å². The van der Waals surface area contributed by atoms with E-state index in [0.29, 0.717) is 12.2 Å². The number of hydrogen-bond donors (Lipinski definition) is 0. The summed E-state index contributed by atoms with van der Waals surface area (Å²) in [7, 11) is 0. The Labute approximate surface area is 100 Å². The Hall–Kier alpha value is -0.770. The Bertz CT molecular complexity index is 244. The minimum Gasteiger partial charge on any atom is -0.300 e. The standard InChI is InChI=1S/C15H24O/c16-15-13-11-9-7-5-3-1-2-4-6-8-10-12-14-15/h1-7,9,11-14H2. The first-order chi connectivity index (χ1) is 7.89. The van der Waals surface area contributed by atoms with Crippen LogP contribution in [0.2, 0.25) is 0 Å². The summed E-state index contributed by atoms with van der Waals surface area (Å²) in [5.74, 6) is 6.69. The molecule has 1 heteroatoms. The predicted octanol–water partition coefficient (Wildman–Crippen LogP) is 4.25. The molecule has 0 aromatic carbocycles. The smallest absolute Gasteiger partial charge is 0.133 e. The van der Waals surface area contributed by atoms with Crippen molar-refractivity contribution < 1.29 is 4.79 Å². The van der Waals surface area contributed by atoms with Gasteiger partial charge in [0.15, 0.2) is 0 Å². The molecule has 1 rings (SSSR count). The Kier molecular flexibility index (Phi) is 7.86. The lowest BCUT2D eigenvalue weighted by Gasteiger charge is -2.01. The van der Waals surface area contributed by atoms with Crippen LogP contribution in [-0.2, 0) is 4.79 Å². The second-order valence-corrected chi connectivity index (χ2v) is 4.72. The van der Waals surface area contributed by atoms with Crippen LogP contribution in [0.1, 0.15) is 77.0 Å². The first-order valence-corrected chi connectivity index (χ1v) is 6.87. The van der Waals surface area contributed by atoms with Gasteiger partial charge in [-0.25, -0.2) is 0 Å². The molecule has 0 N–H and O–H groups in total. The minimum atomic E-state index is 0.407. The summed E-state index contributed by atoms with van der Waals surface area (Å²) in [6, 6.07) is 0. The molecule has 0 fully saturated rings. The molecule has 0 heterocycles. The monoisotopic (exact) mass is 220 g/mol. The molecule has 1 nitrogen and oxygen atoms in total. The maximum Gasteiger partial charge on any atom is 0.133 e. The van der Waals surface area contributed by atoms with E-state index in [2.05, 4.69) is 11.8 Å².